The first kappa shape index (κ1) is 22.9. The Labute approximate surface area is 227 Å². The van der Waals surface area contributed by atoms with Crippen molar-refractivity contribution in [1.82, 2.24) is 9.97 Å². The molecule has 7 aromatic rings. The van der Waals surface area contributed by atoms with Crippen LogP contribution < -0.4 is 0 Å². The first-order chi connectivity index (χ1) is 19.2. The zero-order valence-electron chi connectivity index (χ0n) is 21.5. The van der Waals surface area contributed by atoms with Crippen LogP contribution in [0.3, 0.4) is 0 Å². The first-order valence-corrected chi connectivity index (χ1v) is 13.0. The van der Waals surface area contributed by atoms with Crippen molar-refractivity contribution in [3.05, 3.63) is 133 Å². The molecule has 0 aliphatic carbocycles. The number of terminal acetylenes is 1. The molecule has 182 valence electrons. The van der Waals surface area contributed by atoms with Crippen molar-refractivity contribution < 1.29 is 0 Å². The quantitative estimate of drug-likeness (QED) is 0.105. The molecule has 0 unspecified atom stereocenters. The fourth-order valence-electron chi connectivity index (χ4n) is 5.42. The maximum Gasteiger partial charge on any atom is 0.0965 e. The molecule has 0 bridgehead atoms. The number of hydrogen-bond donors (Lipinski definition) is 0. The third kappa shape index (κ3) is 4.02. The monoisotopic (exact) mass is 496 g/mol. The van der Waals surface area contributed by atoms with Crippen molar-refractivity contribution in [1.29, 1.82) is 0 Å². The van der Waals surface area contributed by atoms with E-state index in [9.17, 15) is 0 Å². The van der Waals surface area contributed by atoms with Crippen LogP contribution >= 0.6 is 0 Å². The van der Waals surface area contributed by atoms with Crippen LogP contribution in [0.25, 0.3) is 65.3 Å². The molecular formula is C37H24N2. The summed E-state index contributed by atoms with van der Waals surface area (Å²) in [5, 5.41) is 9.65. The van der Waals surface area contributed by atoms with Crippen LogP contribution in [0.1, 0.15) is 18.1 Å². The zero-order valence-corrected chi connectivity index (χ0v) is 21.5. The summed E-state index contributed by atoms with van der Waals surface area (Å²) in [6, 6.07) is 34.5. The van der Waals surface area contributed by atoms with Gasteiger partial charge in [0, 0.05) is 34.3 Å². The van der Waals surface area contributed by atoms with Gasteiger partial charge in [-0.3, -0.25) is 9.97 Å². The van der Waals surface area contributed by atoms with E-state index in [1.54, 1.807) is 6.20 Å². The van der Waals surface area contributed by atoms with E-state index in [-0.39, 0.29) is 0 Å². The average molecular weight is 497 g/mol. The highest BCUT2D eigenvalue weighted by molar-refractivity contribution is 6.12. The van der Waals surface area contributed by atoms with E-state index in [4.69, 9.17) is 11.4 Å². The molecule has 0 aliphatic rings. The van der Waals surface area contributed by atoms with Gasteiger partial charge in [-0.15, -0.1) is 6.42 Å². The van der Waals surface area contributed by atoms with Crippen molar-refractivity contribution in [2.24, 2.45) is 0 Å². The summed E-state index contributed by atoms with van der Waals surface area (Å²) in [6.07, 6.45) is 13.7. The van der Waals surface area contributed by atoms with E-state index >= 15 is 0 Å². The molecule has 2 heteroatoms. The van der Waals surface area contributed by atoms with Crippen LogP contribution in [0.5, 0.6) is 0 Å². The maximum absolute atomic E-state index is 5.94. The predicted octanol–water partition coefficient (Wildman–Crippen LogP) is 9.36. The van der Waals surface area contributed by atoms with Gasteiger partial charge >= 0.3 is 0 Å². The Morgan fingerprint density at radius 1 is 0.615 bits per heavy atom. The summed E-state index contributed by atoms with van der Waals surface area (Å²) in [6.45, 7) is 2.12. The molecule has 2 nitrogen and oxygen atoms in total. The molecule has 0 aliphatic heterocycles. The Kier molecular flexibility index (Phi) is 5.43. The molecule has 2 aromatic heterocycles. The molecule has 0 N–H and O–H groups in total. The lowest BCUT2D eigenvalue weighted by Gasteiger charge is -2.09. The summed E-state index contributed by atoms with van der Waals surface area (Å²) in [7, 11) is 0. The number of allylic oxidation sites excluding steroid dienone is 4. The lowest BCUT2D eigenvalue weighted by Crippen LogP contribution is -1.89. The average Bonchev–Trinajstić information content (AvgIpc) is 2.99. The number of pyridine rings is 2. The van der Waals surface area contributed by atoms with Crippen LogP contribution in [-0.4, -0.2) is 9.97 Å². The standard InChI is InChI=1S/C37H24N2/c1-3-25(33-21-32-15-12-26-9-6-18-38-36(26)37(32)39-23-33)11-10-24(2)27-16-17-34-30(19-27)13-14-31-20-28-7-4-5-8-29(28)22-35(31)34/h1,4-23H,2H3/b24-10+,25-11+. The third-order valence-corrected chi connectivity index (χ3v) is 7.55. The van der Waals surface area contributed by atoms with E-state index < -0.39 is 0 Å². The van der Waals surface area contributed by atoms with Crippen molar-refractivity contribution >= 4 is 65.3 Å². The Balaban J connectivity index is 1.25. The molecule has 0 saturated carbocycles. The number of rotatable bonds is 3. The van der Waals surface area contributed by atoms with Gasteiger partial charge in [0.1, 0.15) is 0 Å². The molecule has 2 heterocycles. The molecule has 0 saturated heterocycles. The van der Waals surface area contributed by atoms with Crippen molar-refractivity contribution in [3.8, 4) is 12.3 Å². The number of aromatic nitrogens is 2. The molecular weight excluding hydrogens is 472 g/mol. The van der Waals surface area contributed by atoms with Crippen molar-refractivity contribution in [3.63, 3.8) is 0 Å². The second kappa shape index (κ2) is 9.24. The SMILES string of the molecule is C#C/C(=C\C=C(/C)c1ccc2c(ccc3cc4ccccc4cc32)c1)c1cnc2c(ccc3cccnc32)c1. The Morgan fingerprint density at radius 3 is 2.15 bits per heavy atom. The van der Waals surface area contributed by atoms with E-state index in [0.717, 1.165) is 38.5 Å². The number of nitrogens with zero attached hydrogens (tertiary/aromatic N) is 2. The summed E-state index contributed by atoms with van der Waals surface area (Å²) >= 11 is 0. The molecule has 39 heavy (non-hydrogen) atoms. The summed E-state index contributed by atoms with van der Waals surface area (Å²) < 4.78 is 0. The molecule has 0 spiro atoms. The summed E-state index contributed by atoms with van der Waals surface area (Å²) in [5.41, 5.74) is 5.82. The van der Waals surface area contributed by atoms with E-state index in [1.165, 1.54) is 37.9 Å². The minimum Gasteiger partial charge on any atom is -0.254 e. The normalized spacial score (nSPS) is 12.5. The van der Waals surface area contributed by atoms with Crippen LogP contribution in [-0.2, 0) is 0 Å². The summed E-state index contributed by atoms with van der Waals surface area (Å²) in [4.78, 5) is 9.24. The largest absolute Gasteiger partial charge is 0.254 e. The van der Waals surface area contributed by atoms with Crippen LogP contribution in [0.4, 0.5) is 0 Å². The first-order valence-electron chi connectivity index (χ1n) is 13.0. The highest BCUT2D eigenvalue weighted by Gasteiger charge is 2.07. The zero-order chi connectivity index (χ0) is 26.3. The van der Waals surface area contributed by atoms with Crippen molar-refractivity contribution in [2.45, 2.75) is 6.92 Å². The van der Waals surface area contributed by atoms with Gasteiger partial charge in [0.15, 0.2) is 0 Å². The molecule has 0 radical (unpaired) electrons. The second-order valence-corrected chi connectivity index (χ2v) is 9.93. The lowest BCUT2D eigenvalue weighted by atomic mass is 9.95. The smallest absolute Gasteiger partial charge is 0.0965 e. The fourth-order valence-corrected chi connectivity index (χ4v) is 5.42. The topological polar surface area (TPSA) is 25.8 Å². The summed E-state index contributed by atoms with van der Waals surface area (Å²) in [5.74, 6) is 2.85. The Hall–Kier alpha value is -5.26. The lowest BCUT2D eigenvalue weighted by molar-refractivity contribution is 1.36. The van der Waals surface area contributed by atoms with Gasteiger partial charge in [0.2, 0.25) is 0 Å². The second-order valence-electron chi connectivity index (χ2n) is 9.93. The van der Waals surface area contributed by atoms with Crippen molar-refractivity contribution in [2.75, 3.05) is 0 Å². The minimum atomic E-state index is 0.795. The van der Waals surface area contributed by atoms with Crippen LogP contribution in [0.15, 0.2) is 122 Å². The highest BCUT2D eigenvalue weighted by atomic mass is 14.7. The van der Waals surface area contributed by atoms with E-state index in [2.05, 4.69) is 115 Å². The number of benzene rings is 5. The van der Waals surface area contributed by atoms with Gasteiger partial charge in [0.05, 0.1) is 11.0 Å². The molecule has 5 aromatic carbocycles. The minimum absolute atomic E-state index is 0.795. The number of fused-ring (bicyclic) bond motifs is 7. The van der Waals surface area contributed by atoms with E-state index in [0.29, 0.717) is 0 Å². The molecule has 7 rings (SSSR count). The third-order valence-electron chi connectivity index (χ3n) is 7.55. The Morgan fingerprint density at radius 2 is 1.31 bits per heavy atom. The maximum atomic E-state index is 5.94. The van der Waals surface area contributed by atoms with Crippen LogP contribution in [0.2, 0.25) is 0 Å². The number of hydrogen-bond acceptors (Lipinski definition) is 2. The fraction of sp³-hybridized carbons (Fsp3) is 0.0270. The van der Waals surface area contributed by atoms with Crippen LogP contribution in [0, 0.1) is 12.3 Å². The molecule has 0 atom stereocenters. The molecule has 0 amide bonds. The molecule has 0 fully saturated rings. The predicted molar refractivity (Wildman–Crippen MR) is 166 cm³/mol. The van der Waals surface area contributed by atoms with Gasteiger partial charge in [0.25, 0.3) is 0 Å². The van der Waals surface area contributed by atoms with Gasteiger partial charge in [-0.2, -0.15) is 0 Å². The van der Waals surface area contributed by atoms with Gasteiger partial charge in [-0.25, -0.2) is 0 Å². The van der Waals surface area contributed by atoms with Gasteiger partial charge in [-0.1, -0.05) is 78.7 Å². The van der Waals surface area contributed by atoms with Gasteiger partial charge < -0.3 is 0 Å². The van der Waals surface area contributed by atoms with Gasteiger partial charge in [-0.05, 0) is 86.8 Å². The highest BCUT2D eigenvalue weighted by Crippen LogP contribution is 2.31. The Bertz CT molecular complexity index is 2190. The van der Waals surface area contributed by atoms with E-state index in [1.807, 2.05) is 18.3 Å².